The van der Waals surface area contributed by atoms with Gasteiger partial charge in [0.2, 0.25) is 5.91 Å². The van der Waals surface area contributed by atoms with E-state index < -0.39 is 0 Å². The third kappa shape index (κ3) is 4.85. The Hall–Kier alpha value is -2.77. The van der Waals surface area contributed by atoms with E-state index in [1.165, 1.54) is 43.1 Å². The maximum atomic E-state index is 12.1. The molecule has 1 heterocycles. The Kier molecular flexibility index (Phi) is 5.71. The van der Waals surface area contributed by atoms with Gasteiger partial charge in [0, 0.05) is 12.0 Å². The third-order valence-electron chi connectivity index (χ3n) is 4.56. The zero-order chi connectivity index (χ0) is 17.5. The van der Waals surface area contributed by atoms with E-state index in [-0.39, 0.29) is 11.8 Å². The maximum Gasteiger partial charge on any atom is 0.269 e. The first-order chi connectivity index (χ1) is 12.2. The van der Waals surface area contributed by atoms with Crippen molar-refractivity contribution in [2.24, 2.45) is 5.92 Å². The smallest absolute Gasteiger partial charge is 0.269 e. The number of rotatable bonds is 5. The molecule has 0 spiro atoms. The molecule has 132 valence electrons. The topological polar surface area (TPSA) is 102 Å². The van der Waals surface area contributed by atoms with Crippen molar-refractivity contribution in [2.75, 3.05) is 0 Å². The first kappa shape index (κ1) is 17.1. The molecule has 2 N–H and O–H groups in total. The van der Waals surface area contributed by atoms with Crippen molar-refractivity contribution in [3.63, 3.8) is 0 Å². The number of hydrogen-bond acceptors (Lipinski definition) is 5. The molecule has 0 unspecified atom stereocenters. The van der Waals surface area contributed by atoms with E-state index in [9.17, 15) is 9.59 Å². The lowest BCUT2D eigenvalue weighted by Gasteiger charge is -2.21. The molecule has 1 aromatic heterocycles. The lowest BCUT2D eigenvalue weighted by Crippen LogP contribution is -2.41. The summed E-state index contributed by atoms with van der Waals surface area (Å²) in [5.74, 6) is 0.146. The summed E-state index contributed by atoms with van der Waals surface area (Å²) in [4.78, 5) is 24.0. The van der Waals surface area contributed by atoms with Crippen molar-refractivity contribution in [1.29, 1.82) is 0 Å². The van der Waals surface area contributed by atoms with Gasteiger partial charge in [-0.05, 0) is 47.0 Å². The molecule has 0 atom stereocenters. The fourth-order valence-corrected chi connectivity index (χ4v) is 3.12. The predicted molar refractivity (Wildman–Crippen MR) is 90.6 cm³/mol. The second kappa shape index (κ2) is 8.36. The molecule has 0 aliphatic heterocycles. The lowest BCUT2D eigenvalue weighted by atomic mass is 9.86. The molecular weight excluding hydrogens is 320 g/mol. The number of carbonyl (C=O) groups is 2. The van der Waals surface area contributed by atoms with Gasteiger partial charge in [-0.25, -0.2) is 4.68 Å². The van der Waals surface area contributed by atoms with Crippen LogP contribution in [0.2, 0.25) is 0 Å². The van der Waals surface area contributed by atoms with E-state index in [1.54, 1.807) is 24.3 Å². The molecule has 1 fully saturated rings. The van der Waals surface area contributed by atoms with E-state index in [2.05, 4.69) is 26.4 Å². The van der Waals surface area contributed by atoms with Crippen LogP contribution >= 0.6 is 0 Å². The number of aromatic nitrogens is 4. The van der Waals surface area contributed by atoms with Gasteiger partial charge in [0.05, 0.1) is 5.69 Å². The minimum absolute atomic E-state index is 0.149. The first-order valence-corrected chi connectivity index (χ1v) is 8.65. The van der Waals surface area contributed by atoms with Crippen molar-refractivity contribution in [3.8, 4) is 5.69 Å². The van der Waals surface area contributed by atoms with Crippen molar-refractivity contribution in [3.05, 3.63) is 36.2 Å². The normalized spacial score (nSPS) is 14.9. The Balaban J connectivity index is 1.43. The molecule has 2 aromatic rings. The zero-order valence-corrected chi connectivity index (χ0v) is 14.0. The standard InChI is InChI=1S/C17H22N6O2/c24-16(11-6-13-4-2-1-3-5-13)19-20-17(25)14-7-9-15(10-8-14)23-12-18-21-22-23/h7-10,12-13H,1-6,11H2,(H,19,24)(H,20,25). The van der Waals surface area contributed by atoms with Gasteiger partial charge in [-0.2, -0.15) is 0 Å². The second-order valence-electron chi connectivity index (χ2n) is 6.35. The molecule has 8 nitrogen and oxygen atoms in total. The van der Waals surface area contributed by atoms with Gasteiger partial charge in [-0.3, -0.25) is 20.4 Å². The Labute approximate surface area is 146 Å². The van der Waals surface area contributed by atoms with Crippen molar-refractivity contribution < 1.29 is 9.59 Å². The van der Waals surface area contributed by atoms with Gasteiger partial charge in [-0.1, -0.05) is 32.1 Å². The Morgan fingerprint density at radius 1 is 1.08 bits per heavy atom. The summed E-state index contributed by atoms with van der Waals surface area (Å²) in [6.07, 6.45) is 9.09. The van der Waals surface area contributed by atoms with Gasteiger partial charge in [0.15, 0.2) is 0 Å². The Morgan fingerprint density at radius 2 is 1.84 bits per heavy atom. The van der Waals surface area contributed by atoms with Crippen LogP contribution in [0.5, 0.6) is 0 Å². The van der Waals surface area contributed by atoms with Crippen molar-refractivity contribution >= 4 is 11.8 Å². The number of amides is 2. The van der Waals surface area contributed by atoms with Crippen LogP contribution in [0.15, 0.2) is 30.6 Å². The van der Waals surface area contributed by atoms with Crippen LogP contribution in [-0.2, 0) is 4.79 Å². The van der Waals surface area contributed by atoms with Gasteiger partial charge < -0.3 is 0 Å². The van der Waals surface area contributed by atoms with Gasteiger partial charge in [0.25, 0.3) is 5.91 Å². The maximum absolute atomic E-state index is 12.1. The Bertz CT molecular complexity index is 692. The summed E-state index contributed by atoms with van der Waals surface area (Å²) in [5.41, 5.74) is 6.14. The average molecular weight is 342 g/mol. The molecule has 3 rings (SSSR count). The summed E-state index contributed by atoms with van der Waals surface area (Å²) in [6, 6.07) is 6.77. The molecule has 25 heavy (non-hydrogen) atoms. The van der Waals surface area contributed by atoms with Gasteiger partial charge >= 0.3 is 0 Å². The molecule has 1 aliphatic carbocycles. The summed E-state index contributed by atoms with van der Waals surface area (Å²) >= 11 is 0. The van der Waals surface area contributed by atoms with Crippen LogP contribution in [0.3, 0.4) is 0 Å². The molecule has 0 bridgehead atoms. The summed E-state index contributed by atoms with van der Waals surface area (Å²) < 4.78 is 1.49. The highest BCUT2D eigenvalue weighted by Crippen LogP contribution is 2.27. The SMILES string of the molecule is O=C(CCC1CCCCC1)NNC(=O)c1ccc(-n2cnnn2)cc1. The van der Waals surface area contributed by atoms with Crippen LogP contribution in [0, 0.1) is 5.92 Å². The number of carbonyl (C=O) groups excluding carboxylic acids is 2. The highest BCUT2D eigenvalue weighted by atomic mass is 16.2. The summed E-state index contributed by atoms with van der Waals surface area (Å²) in [7, 11) is 0. The number of benzene rings is 1. The minimum atomic E-state index is -0.353. The quantitative estimate of drug-likeness (QED) is 0.807. The second-order valence-corrected chi connectivity index (χ2v) is 6.35. The predicted octanol–water partition coefficient (Wildman–Crippen LogP) is 1.78. The van der Waals surface area contributed by atoms with Crippen molar-refractivity contribution in [2.45, 2.75) is 44.9 Å². The monoisotopic (exact) mass is 342 g/mol. The van der Waals surface area contributed by atoms with E-state index in [0.29, 0.717) is 17.9 Å². The average Bonchev–Trinajstić information content (AvgIpc) is 3.20. The number of hydrazine groups is 1. The van der Waals surface area contributed by atoms with E-state index in [4.69, 9.17) is 0 Å². The van der Waals surface area contributed by atoms with Gasteiger partial charge in [0.1, 0.15) is 6.33 Å². The van der Waals surface area contributed by atoms with Crippen LogP contribution < -0.4 is 10.9 Å². The number of nitrogens with one attached hydrogen (secondary N) is 2. The van der Waals surface area contributed by atoms with Gasteiger partial charge in [-0.15, -0.1) is 5.10 Å². The van der Waals surface area contributed by atoms with Crippen LogP contribution in [0.4, 0.5) is 0 Å². The fourth-order valence-electron chi connectivity index (χ4n) is 3.12. The number of nitrogens with zero attached hydrogens (tertiary/aromatic N) is 4. The lowest BCUT2D eigenvalue weighted by molar-refractivity contribution is -0.122. The molecule has 1 aliphatic rings. The van der Waals surface area contributed by atoms with Crippen LogP contribution in [0.25, 0.3) is 5.69 Å². The largest absolute Gasteiger partial charge is 0.273 e. The van der Waals surface area contributed by atoms with Crippen LogP contribution in [0.1, 0.15) is 55.3 Å². The van der Waals surface area contributed by atoms with E-state index >= 15 is 0 Å². The van der Waals surface area contributed by atoms with E-state index in [1.807, 2.05) is 0 Å². The highest BCUT2D eigenvalue weighted by molar-refractivity contribution is 5.95. The minimum Gasteiger partial charge on any atom is -0.273 e. The van der Waals surface area contributed by atoms with Crippen LogP contribution in [-0.4, -0.2) is 32.0 Å². The molecule has 0 saturated heterocycles. The zero-order valence-electron chi connectivity index (χ0n) is 14.0. The molecule has 1 saturated carbocycles. The van der Waals surface area contributed by atoms with Crippen molar-refractivity contribution in [1.82, 2.24) is 31.1 Å². The molecular formula is C17H22N6O2. The number of tetrazole rings is 1. The fraction of sp³-hybridized carbons (Fsp3) is 0.471. The third-order valence-corrected chi connectivity index (χ3v) is 4.56. The Morgan fingerprint density at radius 3 is 2.52 bits per heavy atom. The molecule has 8 heteroatoms. The first-order valence-electron chi connectivity index (χ1n) is 8.65. The highest BCUT2D eigenvalue weighted by Gasteiger charge is 2.15. The van der Waals surface area contributed by atoms with E-state index in [0.717, 1.165) is 12.1 Å². The number of hydrogen-bond donors (Lipinski definition) is 2. The molecule has 2 amide bonds. The summed E-state index contributed by atoms with van der Waals surface area (Å²) in [6.45, 7) is 0. The summed E-state index contributed by atoms with van der Waals surface area (Å²) in [5, 5.41) is 10.9. The molecule has 0 radical (unpaired) electrons. The molecule has 1 aromatic carbocycles.